The van der Waals surface area contributed by atoms with Crippen molar-refractivity contribution in [2.24, 2.45) is 5.73 Å². The Morgan fingerprint density at radius 2 is 2.00 bits per heavy atom. The standard InChI is InChI=1S/C12H23N3/c1-9(2)15-11(12(3,4)5)8-10(14-15)6-7-13/h8-9H,6-7,13H2,1-5H3. The molecule has 86 valence electrons. The lowest BCUT2D eigenvalue weighted by atomic mass is 9.91. The van der Waals surface area contributed by atoms with Crippen LogP contribution in [0.1, 0.15) is 52.0 Å². The number of hydrogen-bond donors (Lipinski definition) is 1. The fraction of sp³-hybridized carbons (Fsp3) is 0.750. The van der Waals surface area contributed by atoms with E-state index in [1.807, 2.05) is 0 Å². The Bertz CT molecular complexity index is 318. The molecule has 0 fully saturated rings. The van der Waals surface area contributed by atoms with Crippen molar-refractivity contribution in [3.05, 3.63) is 17.5 Å². The van der Waals surface area contributed by atoms with Gasteiger partial charge in [-0.25, -0.2) is 0 Å². The summed E-state index contributed by atoms with van der Waals surface area (Å²) in [4.78, 5) is 0. The average Bonchev–Trinajstić information content (AvgIpc) is 2.48. The third kappa shape index (κ3) is 2.81. The van der Waals surface area contributed by atoms with E-state index in [-0.39, 0.29) is 5.41 Å². The number of aromatic nitrogens is 2. The molecule has 0 amide bonds. The SMILES string of the molecule is CC(C)n1nc(CCN)cc1C(C)(C)C. The van der Waals surface area contributed by atoms with Crippen molar-refractivity contribution >= 4 is 0 Å². The number of nitrogens with two attached hydrogens (primary N) is 1. The van der Waals surface area contributed by atoms with Crippen molar-refractivity contribution in [3.8, 4) is 0 Å². The Morgan fingerprint density at radius 3 is 2.33 bits per heavy atom. The Hall–Kier alpha value is -0.830. The predicted molar refractivity (Wildman–Crippen MR) is 64.1 cm³/mol. The van der Waals surface area contributed by atoms with Crippen LogP contribution < -0.4 is 5.73 Å². The van der Waals surface area contributed by atoms with Crippen molar-refractivity contribution in [2.75, 3.05) is 6.54 Å². The topological polar surface area (TPSA) is 43.8 Å². The molecule has 1 aromatic rings. The normalized spacial score (nSPS) is 12.5. The second kappa shape index (κ2) is 4.35. The van der Waals surface area contributed by atoms with Gasteiger partial charge in [0, 0.05) is 23.6 Å². The fourth-order valence-corrected chi connectivity index (χ4v) is 1.67. The molecule has 3 nitrogen and oxygen atoms in total. The molecule has 0 aliphatic heterocycles. The first kappa shape index (κ1) is 12.2. The Balaban J connectivity index is 3.12. The third-order valence-corrected chi connectivity index (χ3v) is 2.44. The van der Waals surface area contributed by atoms with Gasteiger partial charge in [-0.2, -0.15) is 5.10 Å². The first-order valence-corrected chi connectivity index (χ1v) is 5.65. The second-order valence-electron chi connectivity index (χ2n) is 5.35. The minimum Gasteiger partial charge on any atom is -0.330 e. The van der Waals surface area contributed by atoms with Gasteiger partial charge in [0.2, 0.25) is 0 Å². The molecule has 0 atom stereocenters. The summed E-state index contributed by atoms with van der Waals surface area (Å²) in [7, 11) is 0. The summed E-state index contributed by atoms with van der Waals surface area (Å²) in [6, 6.07) is 2.60. The molecule has 1 heterocycles. The number of nitrogens with zero attached hydrogens (tertiary/aromatic N) is 2. The van der Waals surface area contributed by atoms with Crippen LogP contribution in [-0.4, -0.2) is 16.3 Å². The summed E-state index contributed by atoms with van der Waals surface area (Å²) in [5, 5.41) is 4.60. The van der Waals surface area contributed by atoms with Crippen LogP contribution in [0.4, 0.5) is 0 Å². The minimum atomic E-state index is 0.143. The highest BCUT2D eigenvalue weighted by molar-refractivity contribution is 5.19. The number of hydrogen-bond acceptors (Lipinski definition) is 2. The molecule has 0 aliphatic rings. The molecule has 3 heteroatoms. The molecule has 0 unspecified atom stereocenters. The van der Waals surface area contributed by atoms with Crippen LogP contribution in [0.15, 0.2) is 6.07 Å². The molecule has 0 spiro atoms. The van der Waals surface area contributed by atoms with E-state index in [1.54, 1.807) is 0 Å². The summed E-state index contributed by atoms with van der Waals surface area (Å²) in [5.74, 6) is 0. The van der Waals surface area contributed by atoms with Crippen molar-refractivity contribution < 1.29 is 0 Å². The zero-order valence-electron chi connectivity index (χ0n) is 10.5. The third-order valence-electron chi connectivity index (χ3n) is 2.44. The van der Waals surface area contributed by atoms with Gasteiger partial charge in [-0.05, 0) is 26.5 Å². The largest absolute Gasteiger partial charge is 0.330 e. The molecule has 0 bridgehead atoms. The molecule has 0 aromatic carbocycles. The van der Waals surface area contributed by atoms with Crippen LogP contribution in [0.5, 0.6) is 0 Å². The van der Waals surface area contributed by atoms with Gasteiger partial charge >= 0.3 is 0 Å². The Kier molecular flexibility index (Phi) is 3.55. The lowest BCUT2D eigenvalue weighted by Gasteiger charge is -2.22. The van der Waals surface area contributed by atoms with Crippen LogP contribution in [-0.2, 0) is 11.8 Å². The maximum Gasteiger partial charge on any atom is 0.0640 e. The lowest BCUT2D eigenvalue weighted by molar-refractivity contribution is 0.444. The van der Waals surface area contributed by atoms with Crippen LogP contribution in [0.3, 0.4) is 0 Å². The Morgan fingerprint density at radius 1 is 1.40 bits per heavy atom. The minimum absolute atomic E-state index is 0.143. The monoisotopic (exact) mass is 209 g/mol. The van der Waals surface area contributed by atoms with E-state index >= 15 is 0 Å². The van der Waals surface area contributed by atoms with Crippen molar-refractivity contribution in [1.82, 2.24) is 9.78 Å². The fourth-order valence-electron chi connectivity index (χ4n) is 1.67. The van der Waals surface area contributed by atoms with Gasteiger partial charge in [0.15, 0.2) is 0 Å². The second-order valence-corrected chi connectivity index (χ2v) is 5.35. The molecule has 0 radical (unpaired) electrons. The quantitative estimate of drug-likeness (QED) is 0.830. The van der Waals surface area contributed by atoms with Gasteiger partial charge in [0.1, 0.15) is 0 Å². The van der Waals surface area contributed by atoms with Gasteiger partial charge in [0.05, 0.1) is 5.69 Å². The van der Waals surface area contributed by atoms with E-state index in [1.165, 1.54) is 5.69 Å². The van der Waals surface area contributed by atoms with E-state index in [2.05, 4.69) is 50.5 Å². The summed E-state index contributed by atoms with van der Waals surface area (Å²) in [6.07, 6.45) is 0.864. The van der Waals surface area contributed by atoms with Crippen LogP contribution in [0.25, 0.3) is 0 Å². The van der Waals surface area contributed by atoms with Gasteiger partial charge < -0.3 is 5.73 Å². The molecule has 0 saturated carbocycles. The molecule has 1 rings (SSSR count). The highest BCUT2D eigenvalue weighted by Crippen LogP contribution is 2.25. The first-order chi connectivity index (χ1) is 6.86. The molecule has 0 saturated heterocycles. The zero-order chi connectivity index (χ0) is 11.6. The van der Waals surface area contributed by atoms with Crippen molar-refractivity contribution in [1.29, 1.82) is 0 Å². The molecular formula is C12H23N3. The molecule has 0 aliphatic carbocycles. The zero-order valence-corrected chi connectivity index (χ0v) is 10.5. The Labute approximate surface area is 92.7 Å². The highest BCUT2D eigenvalue weighted by atomic mass is 15.3. The smallest absolute Gasteiger partial charge is 0.0640 e. The van der Waals surface area contributed by atoms with E-state index in [0.717, 1.165) is 12.1 Å². The van der Waals surface area contributed by atoms with E-state index in [4.69, 9.17) is 5.73 Å². The predicted octanol–water partition coefficient (Wildman–Crippen LogP) is 2.26. The average molecular weight is 209 g/mol. The maximum absolute atomic E-state index is 5.56. The van der Waals surface area contributed by atoms with Crippen molar-refractivity contribution in [2.45, 2.75) is 52.5 Å². The van der Waals surface area contributed by atoms with Crippen LogP contribution in [0.2, 0.25) is 0 Å². The van der Waals surface area contributed by atoms with Crippen molar-refractivity contribution in [3.63, 3.8) is 0 Å². The van der Waals surface area contributed by atoms with Gasteiger partial charge in [-0.3, -0.25) is 4.68 Å². The van der Waals surface area contributed by atoms with E-state index in [0.29, 0.717) is 12.6 Å². The summed E-state index contributed by atoms with van der Waals surface area (Å²) in [6.45, 7) is 11.6. The maximum atomic E-state index is 5.56. The summed E-state index contributed by atoms with van der Waals surface area (Å²) in [5.41, 5.74) is 8.10. The number of rotatable bonds is 3. The van der Waals surface area contributed by atoms with E-state index in [9.17, 15) is 0 Å². The molecular weight excluding hydrogens is 186 g/mol. The van der Waals surface area contributed by atoms with Crippen LogP contribution in [0, 0.1) is 0 Å². The summed E-state index contributed by atoms with van der Waals surface area (Å²) < 4.78 is 2.12. The van der Waals surface area contributed by atoms with Gasteiger partial charge in [0.25, 0.3) is 0 Å². The van der Waals surface area contributed by atoms with Gasteiger partial charge in [-0.15, -0.1) is 0 Å². The van der Waals surface area contributed by atoms with Gasteiger partial charge in [-0.1, -0.05) is 20.8 Å². The lowest BCUT2D eigenvalue weighted by Crippen LogP contribution is -2.19. The van der Waals surface area contributed by atoms with E-state index < -0.39 is 0 Å². The summed E-state index contributed by atoms with van der Waals surface area (Å²) >= 11 is 0. The van der Waals surface area contributed by atoms with Crippen LogP contribution >= 0.6 is 0 Å². The highest BCUT2D eigenvalue weighted by Gasteiger charge is 2.21. The first-order valence-electron chi connectivity index (χ1n) is 5.65. The molecule has 15 heavy (non-hydrogen) atoms. The molecule has 2 N–H and O–H groups in total. The molecule has 1 aromatic heterocycles.